The highest BCUT2D eigenvalue weighted by atomic mass is 16.6. The van der Waals surface area contributed by atoms with Crippen molar-refractivity contribution in [1.82, 2.24) is 0 Å². The Morgan fingerprint density at radius 2 is 1.94 bits per heavy atom. The van der Waals surface area contributed by atoms with Crippen LogP contribution in [0.15, 0.2) is 23.2 Å². The van der Waals surface area contributed by atoms with Crippen molar-refractivity contribution in [2.75, 3.05) is 19.8 Å². The highest BCUT2D eigenvalue weighted by Gasteiger charge is 2.33. The van der Waals surface area contributed by atoms with Gasteiger partial charge in [-0.1, -0.05) is 6.07 Å². The molecule has 0 spiro atoms. The molecule has 1 atom stereocenters. The molecule has 1 unspecified atom stereocenters. The Morgan fingerprint density at radius 1 is 1.18 bits per heavy atom. The smallest absolute Gasteiger partial charge is 0.283 e. The Kier molecular flexibility index (Phi) is 2.14. The summed E-state index contributed by atoms with van der Waals surface area (Å²) in [7, 11) is 0. The van der Waals surface area contributed by atoms with Crippen LogP contribution in [0, 0.1) is 0 Å². The van der Waals surface area contributed by atoms with E-state index < -0.39 is 5.54 Å². The molecular weight excluding hydrogens is 220 g/mol. The first-order valence-electron chi connectivity index (χ1n) is 5.56. The quantitative estimate of drug-likeness (QED) is 0.787. The molecule has 2 aliphatic heterocycles. The van der Waals surface area contributed by atoms with Gasteiger partial charge in [-0.15, -0.1) is 0 Å². The molecular formula is C12H14N2O3. The van der Waals surface area contributed by atoms with Crippen molar-refractivity contribution in [2.45, 2.75) is 12.5 Å². The first kappa shape index (κ1) is 10.3. The second-order valence-corrected chi connectivity index (χ2v) is 4.37. The number of ether oxygens (including phenoxy) is 3. The summed E-state index contributed by atoms with van der Waals surface area (Å²) in [6.07, 6.45) is 0. The third-order valence-corrected chi connectivity index (χ3v) is 3.02. The fourth-order valence-electron chi connectivity index (χ4n) is 2.05. The van der Waals surface area contributed by atoms with Gasteiger partial charge in [0.05, 0.1) is 0 Å². The average molecular weight is 234 g/mol. The molecule has 17 heavy (non-hydrogen) atoms. The molecule has 0 aliphatic carbocycles. The molecule has 0 amide bonds. The van der Waals surface area contributed by atoms with Crippen LogP contribution in [-0.4, -0.2) is 25.8 Å². The van der Waals surface area contributed by atoms with Crippen LogP contribution in [0.1, 0.15) is 12.5 Å². The van der Waals surface area contributed by atoms with Crippen molar-refractivity contribution in [3.05, 3.63) is 23.8 Å². The lowest BCUT2D eigenvalue weighted by molar-refractivity contribution is 0.171. The molecule has 2 N–H and O–H groups in total. The lowest BCUT2D eigenvalue weighted by Crippen LogP contribution is -2.22. The van der Waals surface area contributed by atoms with E-state index >= 15 is 0 Å². The summed E-state index contributed by atoms with van der Waals surface area (Å²) in [5, 5.41) is 0. The minimum Gasteiger partial charge on any atom is -0.486 e. The number of benzene rings is 1. The van der Waals surface area contributed by atoms with Gasteiger partial charge >= 0.3 is 0 Å². The topological polar surface area (TPSA) is 66.1 Å². The van der Waals surface area contributed by atoms with E-state index in [0.29, 0.717) is 19.8 Å². The maximum atomic E-state index is 5.56. The van der Waals surface area contributed by atoms with Gasteiger partial charge in [0.25, 0.3) is 6.02 Å². The Balaban J connectivity index is 1.99. The lowest BCUT2D eigenvalue weighted by atomic mass is 9.94. The van der Waals surface area contributed by atoms with Crippen LogP contribution in [0.4, 0.5) is 0 Å². The zero-order chi connectivity index (χ0) is 11.9. The SMILES string of the molecule is CC1(c2ccc3c(c2)OCCO3)COC(N)=N1. The summed E-state index contributed by atoms with van der Waals surface area (Å²) in [4.78, 5) is 4.32. The van der Waals surface area contributed by atoms with Crippen LogP contribution in [-0.2, 0) is 10.3 Å². The van der Waals surface area contributed by atoms with Crippen LogP contribution in [0.25, 0.3) is 0 Å². The molecule has 0 bridgehead atoms. The summed E-state index contributed by atoms with van der Waals surface area (Å²) in [5.41, 5.74) is 6.14. The number of nitrogens with zero attached hydrogens (tertiary/aromatic N) is 1. The first-order valence-corrected chi connectivity index (χ1v) is 5.56. The molecule has 5 heteroatoms. The van der Waals surface area contributed by atoms with Gasteiger partial charge in [0.15, 0.2) is 11.5 Å². The zero-order valence-corrected chi connectivity index (χ0v) is 9.60. The fourth-order valence-corrected chi connectivity index (χ4v) is 2.05. The third kappa shape index (κ3) is 1.67. The van der Waals surface area contributed by atoms with Crippen molar-refractivity contribution in [2.24, 2.45) is 10.7 Å². The molecule has 0 saturated heterocycles. The largest absolute Gasteiger partial charge is 0.486 e. The molecule has 0 radical (unpaired) electrons. The standard InChI is InChI=1S/C12H14N2O3/c1-12(7-17-11(13)14-12)8-2-3-9-10(6-8)16-5-4-15-9/h2-3,6H,4-5,7H2,1H3,(H2,13,14). The summed E-state index contributed by atoms with van der Waals surface area (Å²) in [6, 6.07) is 6.06. The number of hydrogen-bond donors (Lipinski definition) is 1. The Hall–Kier alpha value is -1.91. The van der Waals surface area contributed by atoms with E-state index in [1.54, 1.807) is 0 Å². The van der Waals surface area contributed by atoms with Gasteiger partial charge < -0.3 is 19.9 Å². The summed E-state index contributed by atoms with van der Waals surface area (Å²) in [6.45, 7) is 3.61. The molecule has 0 fully saturated rings. The van der Waals surface area contributed by atoms with Crippen molar-refractivity contribution < 1.29 is 14.2 Å². The molecule has 90 valence electrons. The minimum atomic E-state index is -0.431. The zero-order valence-electron chi connectivity index (χ0n) is 9.60. The van der Waals surface area contributed by atoms with E-state index in [0.717, 1.165) is 17.1 Å². The Morgan fingerprint density at radius 3 is 2.65 bits per heavy atom. The fraction of sp³-hybridized carbons (Fsp3) is 0.417. The number of amidine groups is 1. The van der Waals surface area contributed by atoms with Crippen molar-refractivity contribution in [1.29, 1.82) is 0 Å². The van der Waals surface area contributed by atoms with Gasteiger partial charge in [-0.25, -0.2) is 4.99 Å². The molecule has 0 aromatic heterocycles. The monoisotopic (exact) mass is 234 g/mol. The summed E-state index contributed by atoms with van der Waals surface area (Å²) < 4.78 is 16.3. The van der Waals surface area contributed by atoms with E-state index in [4.69, 9.17) is 19.9 Å². The molecule has 3 rings (SSSR count). The van der Waals surface area contributed by atoms with E-state index in [-0.39, 0.29) is 6.02 Å². The minimum absolute atomic E-state index is 0.238. The molecule has 5 nitrogen and oxygen atoms in total. The van der Waals surface area contributed by atoms with Crippen LogP contribution in [0.3, 0.4) is 0 Å². The van der Waals surface area contributed by atoms with Gasteiger partial charge in [0, 0.05) is 0 Å². The number of rotatable bonds is 1. The van der Waals surface area contributed by atoms with E-state index in [2.05, 4.69) is 4.99 Å². The van der Waals surface area contributed by atoms with Crippen molar-refractivity contribution in [3.8, 4) is 11.5 Å². The predicted molar refractivity (Wildman–Crippen MR) is 62.4 cm³/mol. The molecule has 0 saturated carbocycles. The summed E-state index contributed by atoms with van der Waals surface area (Å²) in [5.74, 6) is 1.54. The molecule has 1 aromatic rings. The van der Waals surface area contributed by atoms with E-state index in [1.165, 1.54) is 0 Å². The second kappa shape index (κ2) is 3.55. The number of fused-ring (bicyclic) bond motifs is 1. The number of nitrogens with two attached hydrogens (primary N) is 1. The van der Waals surface area contributed by atoms with Crippen molar-refractivity contribution in [3.63, 3.8) is 0 Å². The normalized spacial score (nSPS) is 26.3. The maximum Gasteiger partial charge on any atom is 0.283 e. The maximum absolute atomic E-state index is 5.56. The highest BCUT2D eigenvalue weighted by Crippen LogP contribution is 2.37. The predicted octanol–water partition coefficient (Wildman–Crippen LogP) is 1.02. The van der Waals surface area contributed by atoms with E-state index in [1.807, 2.05) is 25.1 Å². The van der Waals surface area contributed by atoms with Crippen LogP contribution < -0.4 is 15.2 Å². The van der Waals surface area contributed by atoms with Crippen LogP contribution >= 0.6 is 0 Å². The first-order chi connectivity index (χ1) is 8.17. The number of hydrogen-bond acceptors (Lipinski definition) is 5. The van der Waals surface area contributed by atoms with E-state index in [9.17, 15) is 0 Å². The van der Waals surface area contributed by atoms with Gasteiger partial charge in [-0.3, -0.25) is 0 Å². The lowest BCUT2D eigenvalue weighted by Gasteiger charge is -2.23. The molecule has 1 aromatic carbocycles. The highest BCUT2D eigenvalue weighted by molar-refractivity contribution is 5.74. The number of aliphatic imine (C=N–C) groups is 1. The second-order valence-electron chi connectivity index (χ2n) is 4.37. The molecule has 2 aliphatic rings. The molecule has 2 heterocycles. The average Bonchev–Trinajstić information content (AvgIpc) is 2.70. The van der Waals surface area contributed by atoms with Gasteiger partial charge in [-0.2, -0.15) is 0 Å². The third-order valence-electron chi connectivity index (χ3n) is 3.02. The van der Waals surface area contributed by atoms with Gasteiger partial charge in [-0.05, 0) is 24.6 Å². The van der Waals surface area contributed by atoms with Gasteiger partial charge in [0.1, 0.15) is 25.4 Å². The summed E-state index contributed by atoms with van der Waals surface area (Å²) >= 11 is 0. The van der Waals surface area contributed by atoms with Crippen LogP contribution in [0.5, 0.6) is 11.5 Å². The van der Waals surface area contributed by atoms with Crippen LogP contribution in [0.2, 0.25) is 0 Å². The van der Waals surface area contributed by atoms with Crippen molar-refractivity contribution >= 4 is 6.02 Å². The van der Waals surface area contributed by atoms with Gasteiger partial charge in [0.2, 0.25) is 0 Å². The Labute approximate surface area is 99.2 Å². The Bertz CT molecular complexity index is 487.